The van der Waals surface area contributed by atoms with Crippen molar-refractivity contribution in [3.8, 4) is 5.75 Å². The van der Waals surface area contributed by atoms with E-state index in [2.05, 4.69) is 27.2 Å². The number of ether oxygens (including phenoxy) is 1. The second-order valence-electron chi connectivity index (χ2n) is 8.72. The summed E-state index contributed by atoms with van der Waals surface area (Å²) >= 11 is 0. The van der Waals surface area contributed by atoms with Crippen LogP contribution in [0.4, 0.5) is 10.1 Å². The van der Waals surface area contributed by atoms with Crippen molar-refractivity contribution in [1.29, 1.82) is 0 Å². The molecule has 1 aromatic heterocycles. The van der Waals surface area contributed by atoms with Gasteiger partial charge in [0.05, 0.1) is 31.9 Å². The van der Waals surface area contributed by atoms with Crippen LogP contribution in [0.25, 0.3) is 0 Å². The molecule has 7 heteroatoms. The predicted molar refractivity (Wildman–Crippen MR) is 124 cm³/mol. The van der Waals surface area contributed by atoms with E-state index >= 15 is 0 Å². The van der Waals surface area contributed by atoms with Crippen molar-refractivity contribution >= 4 is 11.6 Å². The van der Waals surface area contributed by atoms with Crippen LogP contribution in [0.3, 0.4) is 0 Å². The Kier molecular flexibility index (Phi) is 6.05. The van der Waals surface area contributed by atoms with E-state index in [1.54, 1.807) is 13.4 Å². The van der Waals surface area contributed by atoms with Gasteiger partial charge in [-0.15, -0.1) is 0 Å². The fourth-order valence-electron chi connectivity index (χ4n) is 4.97. The highest BCUT2D eigenvalue weighted by Crippen LogP contribution is 2.38. The van der Waals surface area contributed by atoms with Crippen molar-refractivity contribution < 1.29 is 18.3 Å². The Morgan fingerprint density at radius 3 is 2.79 bits per heavy atom. The highest BCUT2D eigenvalue weighted by Gasteiger charge is 2.41. The van der Waals surface area contributed by atoms with Crippen molar-refractivity contribution in [2.45, 2.75) is 25.6 Å². The number of furan rings is 1. The Balaban J connectivity index is 1.38. The summed E-state index contributed by atoms with van der Waals surface area (Å²) in [5, 5.41) is 3.07. The molecule has 2 atom stereocenters. The molecular formula is C26H28FN3O3. The summed E-state index contributed by atoms with van der Waals surface area (Å²) in [5.74, 6) is 1.18. The first-order valence-electron chi connectivity index (χ1n) is 11.3. The first-order chi connectivity index (χ1) is 16.1. The summed E-state index contributed by atoms with van der Waals surface area (Å²) in [6, 6.07) is 16.5. The Morgan fingerprint density at radius 1 is 1.18 bits per heavy atom. The molecule has 3 aromatic rings. The maximum absolute atomic E-state index is 13.3. The van der Waals surface area contributed by atoms with Gasteiger partial charge in [-0.05, 0) is 47.9 Å². The number of halogens is 1. The van der Waals surface area contributed by atoms with E-state index in [0.29, 0.717) is 13.0 Å². The highest BCUT2D eigenvalue weighted by molar-refractivity contribution is 5.82. The average molecular weight is 450 g/mol. The molecular weight excluding hydrogens is 421 g/mol. The number of hydrogen-bond donors (Lipinski definition) is 1. The number of methoxy groups -OCH3 is 1. The topological polar surface area (TPSA) is 58.0 Å². The number of amides is 1. The first-order valence-corrected chi connectivity index (χ1v) is 11.3. The SMILES string of the molecule is COc1ccc2c(c1)N1CCN(Cc3ccc(F)cc3)CC1C(C(=O)NCc1ccco1)C2. The minimum Gasteiger partial charge on any atom is -0.497 e. The molecule has 0 spiro atoms. The van der Waals surface area contributed by atoms with E-state index in [1.165, 1.54) is 12.1 Å². The Hall–Kier alpha value is -3.32. The Bertz CT molecular complexity index is 1100. The zero-order valence-electron chi connectivity index (χ0n) is 18.7. The van der Waals surface area contributed by atoms with Crippen LogP contribution in [0, 0.1) is 11.7 Å². The lowest BCUT2D eigenvalue weighted by Crippen LogP contribution is -2.60. The summed E-state index contributed by atoms with van der Waals surface area (Å²) in [6.45, 7) is 3.55. The molecule has 172 valence electrons. The van der Waals surface area contributed by atoms with E-state index in [1.807, 2.05) is 30.3 Å². The van der Waals surface area contributed by atoms with E-state index in [4.69, 9.17) is 9.15 Å². The number of piperazine rings is 1. The number of carbonyl (C=O) groups is 1. The molecule has 2 aliphatic rings. The normalized spacial score (nSPS) is 20.1. The lowest BCUT2D eigenvalue weighted by Gasteiger charge is -2.49. The van der Waals surface area contributed by atoms with Gasteiger partial charge in [-0.25, -0.2) is 4.39 Å². The molecule has 2 aromatic carbocycles. The van der Waals surface area contributed by atoms with Crippen LogP contribution in [0.2, 0.25) is 0 Å². The van der Waals surface area contributed by atoms with Crippen LogP contribution in [-0.2, 0) is 24.3 Å². The van der Waals surface area contributed by atoms with Gasteiger partial charge in [0.15, 0.2) is 0 Å². The Morgan fingerprint density at radius 2 is 2.03 bits per heavy atom. The van der Waals surface area contributed by atoms with Crippen LogP contribution < -0.4 is 15.0 Å². The second-order valence-corrected chi connectivity index (χ2v) is 8.72. The van der Waals surface area contributed by atoms with Crippen LogP contribution in [0.1, 0.15) is 16.9 Å². The summed E-state index contributed by atoms with van der Waals surface area (Å²) < 4.78 is 24.2. The molecule has 0 saturated carbocycles. The fraction of sp³-hybridized carbons (Fsp3) is 0.346. The van der Waals surface area contributed by atoms with Gasteiger partial charge in [0.1, 0.15) is 17.3 Å². The van der Waals surface area contributed by atoms with E-state index in [-0.39, 0.29) is 23.7 Å². The molecule has 33 heavy (non-hydrogen) atoms. The van der Waals surface area contributed by atoms with Crippen molar-refractivity contribution in [2.75, 3.05) is 31.6 Å². The average Bonchev–Trinajstić information content (AvgIpc) is 3.37. The van der Waals surface area contributed by atoms with Gasteiger partial charge < -0.3 is 19.4 Å². The molecule has 1 fully saturated rings. The third kappa shape index (κ3) is 4.59. The van der Waals surface area contributed by atoms with Crippen molar-refractivity contribution in [2.24, 2.45) is 5.92 Å². The quantitative estimate of drug-likeness (QED) is 0.623. The predicted octanol–water partition coefficient (Wildman–Crippen LogP) is 3.61. The largest absolute Gasteiger partial charge is 0.497 e. The third-order valence-electron chi connectivity index (χ3n) is 6.68. The van der Waals surface area contributed by atoms with E-state index in [0.717, 1.165) is 54.5 Å². The number of hydrogen-bond acceptors (Lipinski definition) is 5. The van der Waals surface area contributed by atoms with Crippen molar-refractivity contribution in [3.05, 3.63) is 83.6 Å². The smallest absolute Gasteiger partial charge is 0.225 e. The fourth-order valence-corrected chi connectivity index (χ4v) is 4.97. The van der Waals surface area contributed by atoms with Gasteiger partial charge in [0, 0.05) is 37.9 Å². The molecule has 0 aliphatic carbocycles. The molecule has 1 amide bonds. The first kappa shape index (κ1) is 21.5. The zero-order valence-corrected chi connectivity index (χ0v) is 18.7. The second kappa shape index (κ2) is 9.27. The minimum atomic E-state index is -0.227. The number of nitrogens with zero attached hydrogens (tertiary/aromatic N) is 2. The maximum atomic E-state index is 13.3. The van der Waals surface area contributed by atoms with Gasteiger partial charge in [-0.3, -0.25) is 9.69 Å². The molecule has 1 N–H and O–H groups in total. The molecule has 0 bridgehead atoms. The Labute approximate surface area is 192 Å². The van der Waals surface area contributed by atoms with Gasteiger partial charge in [0.2, 0.25) is 5.91 Å². The molecule has 5 rings (SSSR count). The molecule has 2 unspecified atom stereocenters. The van der Waals surface area contributed by atoms with E-state index in [9.17, 15) is 9.18 Å². The monoisotopic (exact) mass is 449 g/mol. The van der Waals surface area contributed by atoms with Crippen molar-refractivity contribution in [1.82, 2.24) is 10.2 Å². The highest BCUT2D eigenvalue weighted by atomic mass is 19.1. The number of benzene rings is 2. The molecule has 6 nitrogen and oxygen atoms in total. The van der Waals surface area contributed by atoms with Crippen molar-refractivity contribution in [3.63, 3.8) is 0 Å². The number of carbonyl (C=O) groups excluding carboxylic acids is 1. The number of anilines is 1. The molecule has 3 heterocycles. The molecule has 2 aliphatic heterocycles. The summed E-state index contributed by atoms with van der Waals surface area (Å²) in [7, 11) is 1.67. The lowest BCUT2D eigenvalue weighted by molar-refractivity contribution is -0.126. The standard InChI is InChI=1S/C26H28FN3O3/c1-32-21-9-6-19-13-23(26(31)28-15-22-3-2-12-33-22)25-17-29(10-11-30(25)24(19)14-21)16-18-4-7-20(27)8-5-18/h2-9,12,14,23,25H,10-11,13,15-17H2,1H3,(H,28,31). The van der Waals surface area contributed by atoms with Gasteiger partial charge in [0.25, 0.3) is 0 Å². The third-order valence-corrected chi connectivity index (χ3v) is 6.68. The number of nitrogens with one attached hydrogen (secondary N) is 1. The minimum absolute atomic E-state index is 0.0338. The van der Waals surface area contributed by atoms with E-state index < -0.39 is 0 Å². The van der Waals surface area contributed by atoms with Gasteiger partial charge >= 0.3 is 0 Å². The number of rotatable bonds is 6. The zero-order chi connectivity index (χ0) is 22.8. The summed E-state index contributed by atoms with van der Waals surface area (Å²) in [4.78, 5) is 18.0. The van der Waals surface area contributed by atoms with Crippen LogP contribution in [0.5, 0.6) is 5.75 Å². The summed E-state index contributed by atoms with van der Waals surface area (Å²) in [5.41, 5.74) is 3.38. The van der Waals surface area contributed by atoms with Crippen LogP contribution >= 0.6 is 0 Å². The molecule has 1 saturated heterocycles. The maximum Gasteiger partial charge on any atom is 0.225 e. The molecule has 0 radical (unpaired) electrons. The summed E-state index contributed by atoms with van der Waals surface area (Å²) in [6.07, 6.45) is 2.29. The number of fused-ring (bicyclic) bond motifs is 3. The van der Waals surface area contributed by atoms with Gasteiger partial charge in [-0.2, -0.15) is 0 Å². The van der Waals surface area contributed by atoms with Gasteiger partial charge in [-0.1, -0.05) is 18.2 Å². The van der Waals surface area contributed by atoms with Crippen LogP contribution in [-0.4, -0.2) is 43.6 Å². The van der Waals surface area contributed by atoms with Crippen LogP contribution in [0.15, 0.2) is 65.3 Å². The lowest BCUT2D eigenvalue weighted by atomic mass is 9.83.